The van der Waals surface area contributed by atoms with E-state index in [0.717, 1.165) is 16.8 Å². The van der Waals surface area contributed by atoms with Gasteiger partial charge in [0.15, 0.2) is 5.79 Å². The van der Waals surface area contributed by atoms with Crippen LogP contribution in [0.5, 0.6) is 0 Å². The number of nitrogens with zero attached hydrogens (tertiary/aromatic N) is 1. The van der Waals surface area contributed by atoms with Gasteiger partial charge in [0, 0.05) is 24.5 Å². The fraction of sp³-hybridized carbons (Fsp3) is 0.364. The van der Waals surface area contributed by atoms with Crippen LogP contribution in [0.1, 0.15) is 30.9 Å². The molecule has 7 heteroatoms. The standard InChI is InChI=1S/C22H24FN3O3/c1-13-5-4-6-19-20(13)16(21(27)26-19)11-24-14-7-8-18(17(23)9-14)25-10-15-12-28-22(2,3)29-15/h4-9,11,15-16,25H,10,12H2,1-3H3,(H,26,27). The largest absolute Gasteiger partial charge is 0.380 e. The number of aliphatic imine (C=N–C) groups is 1. The van der Waals surface area contributed by atoms with Crippen molar-refractivity contribution >= 4 is 29.2 Å². The van der Waals surface area contributed by atoms with Crippen molar-refractivity contribution in [3.63, 3.8) is 0 Å². The van der Waals surface area contributed by atoms with E-state index in [2.05, 4.69) is 15.6 Å². The molecule has 1 fully saturated rings. The van der Waals surface area contributed by atoms with Crippen LogP contribution in [-0.2, 0) is 14.3 Å². The van der Waals surface area contributed by atoms with Crippen LogP contribution in [-0.4, -0.2) is 37.2 Å². The first-order valence-electron chi connectivity index (χ1n) is 9.62. The van der Waals surface area contributed by atoms with Crippen molar-refractivity contribution in [3.05, 3.63) is 53.3 Å². The van der Waals surface area contributed by atoms with E-state index in [9.17, 15) is 9.18 Å². The summed E-state index contributed by atoms with van der Waals surface area (Å²) in [4.78, 5) is 16.6. The fourth-order valence-corrected chi connectivity index (χ4v) is 3.66. The van der Waals surface area contributed by atoms with Crippen LogP contribution in [0.2, 0.25) is 0 Å². The van der Waals surface area contributed by atoms with E-state index in [1.54, 1.807) is 18.3 Å². The van der Waals surface area contributed by atoms with Crippen molar-refractivity contribution in [2.24, 2.45) is 4.99 Å². The summed E-state index contributed by atoms with van der Waals surface area (Å²) in [5.41, 5.74) is 3.56. The predicted octanol–water partition coefficient (Wildman–Crippen LogP) is 4.14. The molecule has 1 amide bonds. The normalized spacial score (nSPS) is 22.7. The summed E-state index contributed by atoms with van der Waals surface area (Å²) in [5, 5.41) is 5.91. The number of halogens is 1. The molecule has 0 aromatic heterocycles. The Balaban J connectivity index is 1.43. The lowest BCUT2D eigenvalue weighted by Crippen LogP contribution is -2.26. The maximum absolute atomic E-state index is 14.5. The minimum Gasteiger partial charge on any atom is -0.380 e. The molecule has 0 saturated carbocycles. The summed E-state index contributed by atoms with van der Waals surface area (Å²) < 4.78 is 25.7. The SMILES string of the molecule is Cc1cccc2c1C(C=Nc1ccc(NCC3COC(C)(C)O3)c(F)c1)C(=O)N2. The molecule has 0 aliphatic carbocycles. The molecule has 4 rings (SSSR count). The van der Waals surface area contributed by atoms with Crippen LogP contribution in [0.3, 0.4) is 0 Å². The number of fused-ring (bicyclic) bond motifs is 1. The molecule has 0 radical (unpaired) electrons. The lowest BCUT2D eigenvalue weighted by atomic mass is 9.97. The second kappa shape index (κ2) is 7.57. The van der Waals surface area contributed by atoms with Gasteiger partial charge in [-0.1, -0.05) is 12.1 Å². The van der Waals surface area contributed by atoms with E-state index in [0.29, 0.717) is 24.5 Å². The van der Waals surface area contributed by atoms with Gasteiger partial charge in [0.1, 0.15) is 17.8 Å². The first-order valence-corrected chi connectivity index (χ1v) is 9.62. The Hall–Kier alpha value is -2.77. The third kappa shape index (κ3) is 4.16. The smallest absolute Gasteiger partial charge is 0.237 e. The number of hydrogen-bond acceptors (Lipinski definition) is 5. The average molecular weight is 397 g/mol. The number of rotatable bonds is 5. The van der Waals surface area contributed by atoms with Crippen LogP contribution in [0.25, 0.3) is 0 Å². The molecule has 2 aromatic carbocycles. The van der Waals surface area contributed by atoms with E-state index in [1.807, 2.05) is 39.0 Å². The van der Waals surface area contributed by atoms with Gasteiger partial charge in [-0.2, -0.15) is 0 Å². The molecule has 1 saturated heterocycles. The van der Waals surface area contributed by atoms with Gasteiger partial charge in [-0.15, -0.1) is 0 Å². The molecule has 0 spiro atoms. The molecular weight excluding hydrogens is 373 g/mol. The Morgan fingerprint density at radius 3 is 2.90 bits per heavy atom. The number of ether oxygens (including phenoxy) is 2. The number of carbonyl (C=O) groups excluding carboxylic acids is 1. The van der Waals surface area contributed by atoms with Crippen molar-refractivity contribution in [2.45, 2.75) is 38.6 Å². The highest BCUT2D eigenvalue weighted by Gasteiger charge is 2.32. The maximum Gasteiger partial charge on any atom is 0.237 e. The number of carbonyl (C=O) groups is 1. The minimum absolute atomic E-state index is 0.126. The van der Waals surface area contributed by atoms with E-state index in [4.69, 9.17) is 9.47 Å². The van der Waals surface area contributed by atoms with Gasteiger partial charge in [0.25, 0.3) is 0 Å². The van der Waals surface area contributed by atoms with E-state index >= 15 is 0 Å². The first kappa shape index (κ1) is 19.5. The zero-order valence-electron chi connectivity index (χ0n) is 16.7. The fourth-order valence-electron chi connectivity index (χ4n) is 3.66. The first-order chi connectivity index (χ1) is 13.8. The molecule has 2 N–H and O–H groups in total. The highest BCUT2D eigenvalue weighted by Crippen LogP contribution is 2.34. The summed E-state index contributed by atoms with van der Waals surface area (Å²) >= 11 is 0. The van der Waals surface area contributed by atoms with Crippen LogP contribution in [0, 0.1) is 12.7 Å². The summed E-state index contributed by atoms with van der Waals surface area (Å²) in [6.07, 6.45) is 1.44. The minimum atomic E-state index is -0.604. The Morgan fingerprint density at radius 2 is 2.17 bits per heavy atom. The molecule has 6 nitrogen and oxygen atoms in total. The number of nitrogens with one attached hydrogen (secondary N) is 2. The molecule has 2 aromatic rings. The maximum atomic E-state index is 14.5. The summed E-state index contributed by atoms with van der Waals surface area (Å²) in [5.74, 6) is -1.62. The van der Waals surface area contributed by atoms with Crippen molar-refractivity contribution in [3.8, 4) is 0 Å². The van der Waals surface area contributed by atoms with Gasteiger partial charge < -0.3 is 20.1 Å². The van der Waals surface area contributed by atoms with Crippen LogP contribution in [0.15, 0.2) is 41.4 Å². The Bertz CT molecular complexity index is 974. The van der Waals surface area contributed by atoms with Crippen molar-refractivity contribution in [1.29, 1.82) is 0 Å². The van der Waals surface area contributed by atoms with Crippen molar-refractivity contribution < 1.29 is 18.7 Å². The molecule has 29 heavy (non-hydrogen) atoms. The Labute approximate surface area is 169 Å². The topological polar surface area (TPSA) is 72.0 Å². The third-order valence-electron chi connectivity index (χ3n) is 5.09. The number of aryl methyl sites for hydroxylation is 1. The van der Waals surface area contributed by atoms with E-state index < -0.39 is 17.5 Å². The molecule has 152 valence electrons. The lowest BCUT2D eigenvalue weighted by molar-refractivity contribution is -0.136. The molecule has 2 unspecified atom stereocenters. The predicted molar refractivity (Wildman–Crippen MR) is 110 cm³/mol. The Kier molecular flexibility index (Phi) is 5.10. The van der Waals surface area contributed by atoms with Gasteiger partial charge >= 0.3 is 0 Å². The molecule has 2 heterocycles. The van der Waals surface area contributed by atoms with Gasteiger partial charge in [0.05, 0.1) is 18.0 Å². The van der Waals surface area contributed by atoms with Gasteiger partial charge in [-0.3, -0.25) is 9.79 Å². The van der Waals surface area contributed by atoms with Gasteiger partial charge in [0.2, 0.25) is 5.91 Å². The van der Waals surface area contributed by atoms with Crippen LogP contribution in [0.4, 0.5) is 21.5 Å². The Morgan fingerprint density at radius 1 is 1.34 bits per heavy atom. The molecular formula is C22H24FN3O3. The van der Waals surface area contributed by atoms with E-state index in [-0.39, 0.29) is 12.0 Å². The average Bonchev–Trinajstić information content (AvgIpc) is 3.18. The van der Waals surface area contributed by atoms with Gasteiger partial charge in [-0.05, 0) is 50.1 Å². The summed E-state index contributed by atoms with van der Waals surface area (Å²) in [6, 6.07) is 10.4. The lowest BCUT2D eigenvalue weighted by Gasteiger charge is -2.17. The zero-order chi connectivity index (χ0) is 20.6. The highest BCUT2D eigenvalue weighted by molar-refractivity contribution is 6.13. The zero-order valence-corrected chi connectivity index (χ0v) is 16.7. The monoisotopic (exact) mass is 397 g/mol. The van der Waals surface area contributed by atoms with Crippen molar-refractivity contribution in [1.82, 2.24) is 0 Å². The van der Waals surface area contributed by atoms with Crippen LogP contribution >= 0.6 is 0 Å². The van der Waals surface area contributed by atoms with Gasteiger partial charge in [-0.25, -0.2) is 4.39 Å². The van der Waals surface area contributed by atoms with E-state index in [1.165, 1.54) is 6.07 Å². The third-order valence-corrected chi connectivity index (χ3v) is 5.09. The number of amides is 1. The second-order valence-corrected chi connectivity index (χ2v) is 7.78. The second-order valence-electron chi connectivity index (χ2n) is 7.78. The molecule has 2 aliphatic heterocycles. The quantitative estimate of drug-likeness (QED) is 0.744. The molecule has 2 atom stereocenters. The summed E-state index contributed by atoms with van der Waals surface area (Å²) in [6.45, 7) is 6.58. The summed E-state index contributed by atoms with van der Waals surface area (Å²) in [7, 11) is 0. The number of anilines is 2. The molecule has 2 aliphatic rings. The van der Waals surface area contributed by atoms with Crippen molar-refractivity contribution in [2.75, 3.05) is 23.8 Å². The number of hydrogen-bond donors (Lipinski definition) is 2. The molecule has 0 bridgehead atoms. The number of benzene rings is 2. The van der Waals surface area contributed by atoms with Crippen LogP contribution < -0.4 is 10.6 Å². The highest BCUT2D eigenvalue weighted by atomic mass is 19.1.